The van der Waals surface area contributed by atoms with Crippen molar-refractivity contribution in [1.29, 1.82) is 0 Å². The summed E-state index contributed by atoms with van der Waals surface area (Å²) in [5.41, 5.74) is -0.0797. The van der Waals surface area contributed by atoms with E-state index in [4.69, 9.17) is 0 Å². The van der Waals surface area contributed by atoms with Crippen LogP contribution in [0, 0.1) is 0 Å². The van der Waals surface area contributed by atoms with Crippen LogP contribution in [0.2, 0.25) is 0 Å². The summed E-state index contributed by atoms with van der Waals surface area (Å²) in [5.74, 6) is -1.86. The van der Waals surface area contributed by atoms with E-state index in [1.807, 2.05) is 0 Å². The van der Waals surface area contributed by atoms with Gasteiger partial charge < -0.3 is 10.0 Å². The highest BCUT2D eigenvalue weighted by Crippen LogP contribution is 2.39. The molecular formula is C20H19F3N2O3. The van der Waals surface area contributed by atoms with E-state index >= 15 is 0 Å². The minimum atomic E-state index is -4.75. The molecule has 2 aromatic rings. The van der Waals surface area contributed by atoms with Gasteiger partial charge in [-0.15, -0.1) is 0 Å². The first-order valence-electron chi connectivity index (χ1n) is 8.82. The molecule has 0 unspecified atom stereocenters. The smallest absolute Gasteiger partial charge is 0.434 e. The maximum absolute atomic E-state index is 13.3. The Hall–Kier alpha value is -2.90. The molecule has 0 spiro atoms. The Morgan fingerprint density at radius 3 is 2.57 bits per heavy atom. The van der Waals surface area contributed by atoms with Crippen molar-refractivity contribution in [2.75, 3.05) is 0 Å². The van der Waals surface area contributed by atoms with Crippen LogP contribution in [0.3, 0.4) is 0 Å². The van der Waals surface area contributed by atoms with E-state index in [0.29, 0.717) is 18.4 Å². The number of fused-ring (bicyclic) bond motifs is 1. The number of alkyl halides is 3. The molecule has 1 aliphatic carbocycles. The van der Waals surface area contributed by atoms with Crippen LogP contribution < -0.4 is 0 Å². The number of hydrogen-bond donors (Lipinski definition) is 1. The number of benzene rings is 1. The number of carbonyl (C=O) groups is 2. The molecular weight excluding hydrogens is 373 g/mol. The fourth-order valence-corrected chi connectivity index (χ4v) is 3.68. The molecule has 0 saturated heterocycles. The number of amides is 1. The van der Waals surface area contributed by atoms with Crippen molar-refractivity contribution < 1.29 is 27.9 Å². The molecule has 1 amide bonds. The summed E-state index contributed by atoms with van der Waals surface area (Å²) in [6.45, 7) is 3.45. The monoisotopic (exact) mass is 392 g/mol. The van der Waals surface area contributed by atoms with Crippen molar-refractivity contribution in [1.82, 2.24) is 9.88 Å². The average molecular weight is 392 g/mol. The highest BCUT2D eigenvalue weighted by molar-refractivity contribution is 5.96. The second kappa shape index (κ2) is 7.26. The fourth-order valence-electron chi connectivity index (χ4n) is 3.68. The number of pyridine rings is 1. The summed E-state index contributed by atoms with van der Waals surface area (Å²) in [5, 5.41) is 9.25. The maximum atomic E-state index is 13.3. The summed E-state index contributed by atoms with van der Waals surface area (Å²) < 4.78 is 40.0. The number of carboxylic acids is 1. The summed E-state index contributed by atoms with van der Waals surface area (Å²) in [6, 6.07) is 6.23. The second-order valence-electron chi connectivity index (χ2n) is 6.98. The zero-order valence-corrected chi connectivity index (χ0v) is 15.3. The van der Waals surface area contributed by atoms with Gasteiger partial charge in [0.1, 0.15) is 0 Å². The number of aromatic nitrogens is 1. The quantitative estimate of drug-likeness (QED) is 0.841. The predicted octanol–water partition coefficient (Wildman–Crippen LogP) is 4.34. The van der Waals surface area contributed by atoms with Crippen molar-refractivity contribution in [3.63, 3.8) is 0 Å². The van der Waals surface area contributed by atoms with Gasteiger partial charge in [-0.1, -0.05) is 6.07 Å². The van der Waals surface area contributed by atoms with Crippen molar-refractivity contribution in [3.05, 3.63) is 64.5 Å². The van der Waals surface area contributed by atoms with Gasteiger partial charge in [0.15, 0.2) is 5.69 Å². The molecule has 0 saturated carbocycles. The molecule has 148 valence electrons. The van der Waals surface area contributed by atoms with Crippen LogP contribution in [0.1, 0.15) is 63.8 Å². The minimum Gasteiger partial charge on any atom is -0.478 e. The third-order valence-corrected chi connectivity index (χ3v) is 4.87. The van der Waals surface area contributed by atoms with Gasteiger partial charge in [0.25, 0.3) is 5.91 Å². The van der Waals surface area contributed by atoms with Gasteiger partial charge in [0.2, 0.25) is 0 Å². The molecule has 0 bridgehead atoms. The molecule has 1 aromatic carbocycles. The van der Waals surface area contributed by atoms with E-state index < -0.39 is 41.4 Å². The highest BCUT2D eigenvalue weighted by Gasteiger charge is 2.40. The average Bonchev–Trinajstić information content (AvgIpc) is 3.03. The maximum Gasteiger partial charge on any atom is 0.434 e. The minimum absolute atomic E-state index is 0.0826. The number of hydrogen-bond acceptors (Lipinski definition) is 3. The Balaban J connectivity index is 2.05. The third kappa shape index (κ3) is 3.58. The van der Waals surface area contributed by atoms with Crippen molar-refractivity contribution in [2.24, 2.45) is 0 Å². The molecule has 0 aliphatic heterocycles. The molecule has 5 nitrogen and oxygen atoms in total. The van der Waals surface area contributed by atoms with Crippen LogP contribution in [0.25, 0.3) is 0 Å². The van der Waals surface area contributed by atoms with Crippen LogP contribution in [0.4, 0.5) is 13.2 Å². The lowest BCUT2D eigenvalue weighted by Gasteiger charge is -2.34. The Kier molecular flexibility index (Phi) is 5.14. The molecule has 1 atom stereocenters. The van der Waals surface area contributed by atoms with Crippen molar-refractivity contribution in [3.8, 4) is 0 Å². The van der Waals surface area contributed by atoms with Gasteiger partial charge in [-0.25, -0.2) is 4.79 Å². The Morgan fingerprint density at radius 1 is 1.25 bits per heavy atom. The summed E-state index contributed by atoms with van der Waals surface area (Å²) in [4.78, 5) is 29.2. The van der Waals surface area contributed by atoms with Crippen molar-refractivity contribution >= 4 is 11.9 Å². The Bertz CT molecular complexity index is 925. The molecule has 28 heavy (non-hydrogen) atoms. The second-order valence-corrected chi connectivity index (χ2v) is 6.98. The first kappa shape index (κ1) is 19.9. The highest BCUT2D eigenvalue weighted by atomic mass is 19.4. The third-order valence-electron chi connectivity index (χ3n) is 4.87. The van der Waals surface area contributed by atoms with Gasteiger partial charge in [-0.05, 0) is 62.1 Å². The molecule has 1 aromatic heterocycles. The van der Waals surface area contributed by atoms with E-state index in [9.17, 15) is 27.9 Å². The zero-order chi connectivity index (χ0) is 20.6. The van der Waals surface area contributed by atoms with Gasteiger partial charge in [-0.3, -0.25) is 9.78 Å². The number of rotatable bonds is 4. The van der Waals surface area contributed by atoms with E-state index in [1.165, 1.54) is 23.1 Å². The first-order valence-corrected chi connectivity index (χ1v) is 8.82. The normalized spacial score (nSPS) is 16.1. The zero-order valence-electron chi connectivity index (χ0n) is 15.3. The van der Waals surface area contributed by atoms with E-state index in [2.05, 4.69) is 4.98 Å². The van der Waals surface area contributed by atoms with Crippen molar-refractivity contribution in [2.45, 2.75) is 44.9 Å². The number of aryl methyl sites for hydroxylation is 1. The summed E-state index contributed by atoms with van der Waals surface area (Å²) >= 11 is 0. The lowest BCUT2D eigenvalue weighted by Crippen LogP contribution is -2.40. The van der Waals surface area contributed by atoms with Crippen LogP contribution >= 0.6 is 0 Å². The number of carboxylic acid groups (broad SMARTS) is 1. The van der Waals surface area contributed by atoms with Crippen LogP contribution in [-0.2, 0) is 12.6 Å². The van der Waals surface area contributed by atoms with Gasteiger partial charge in [0.05, 0.1) is 17.2 Å². The van der Waals surface area contributed by atoms with Gasteiger partial charge in [-0.2, -0.15) is 13.2 Å². The molecule has 3 rings (SSSR count). The number of halogens is 3. The molecule has 1 N–H and O–H groups in total. The first-order chi connectivity index (χ1) is 13.1. The Labute approximate surface area is 159 Å². The number of carbonyl (C=O) groups excluding carboxylic acids is 1. The fraction of sp³-hybridized carbons (Fsp3) is 0.350. The van der Waals surface area contributed by atoms with Gasteiger partial charge in [0, 0.05) is 12.2 Å². The van der Waals surface area contributed by atoms with E-state index in [1.54, 1.807) is 19.9 Å². The van der Waals surface area contributed by atoms with Crippen LogP contribution in [-0.4, -0.2) is 32.9 Å². The topological polar surface area (TPSA) is 70.5 Å². The predicted molar refractivity (Wildman–Crippen MR) is 95.0 cm³/mol. The summed E-state index contributed by atoms with van der Waals surface area (Å²) in [7, 11) is 0. The van der Waals surface area contributed by atoms with Crippen LogP contribution in [0.5, 0.6) is 0 Å². The lowest BCUT2D eigenvalue weighted by molar-refractivity contribution is -0.141. The van der Waals surface area contributed by atoms with Crippen LogP contribution in [0.15, 0.2) is 36.5 Å². The molecule has 0 radical (unpaired) electrons. The number of nitrogens with zero attached hydrogens (tertiary/aromatic N) is 2. The standard InChI is InChI=1S/C20H19F3N2O3/c1-11(2)25(18(26)14-4-3-9-24-17(14)20(21,22)23)16-8-7-12-5-6-13(19(27)28)10-15(12)16/h3-6,9-11,16H,7-8H2,1-2H3,(H,27,28)/t16-/m1/s1. The molecule has 8 heteroatoms. The van der Waals surface area contributed by atoms with Gasteiger partial charge >= 0.3 is 12.1 Å². The number of aromatic carboxylic acids is 1. The summed E-state index contributed by atoms with van der Waals surface area (Å²) in [6.07, 6.45) is -2.61. The molecule has 1 heterocycles. The SMILES string of the molecule is CC(C)N(C(=O)c1cccnc1C(F)(F)F)[C@@H]1CCc2ccc(C(=O)O)cc21. The molecule has 0 fully saturated rings. The van der Waals surface area contributed by atoms with E-state index in [-0.39, 0.29) is 5.56 Å². The lowest BCUT2D eigenvalue weighted by atomic mass is 10.0. The molecule has 1 aliphatic rings. The Morgan fingerprint density at radius 2 is 1.96 bits per heavy atom. The largest absolute Gasteiger partial charge is 0.478 e. The van der Waals surface area contributed by atoms with E-state index in [0.717, 1.165) is 17.8 Å².